The molecule has 0 bridgehead atoms. The van der Waals surface area contributed by atoms with Gasteiger partial charge in [-0.05, 0) is 48.0 Å². The third-order valence-corrected chi connectivity index (χ3v) is 5.48. The van der Waals surface area contributed by atoms with Gasteiger partial charge in [0.15, 0.2) is 5.78 Å². The number of halogens is 2. The molecule has 3 N–H and O–H groups in total. The lowest BCUT2D eigenvalue weighted by Crippen LogP contribution is -2.37. The second-order valence-electron chi connectivity index (χ2n) is 6.97. The van der Waals surface area contributed by atoms with Crippen LogP contribution in [0, 0.1) is 0 Å². The molecule has 8 nitrogen and oxygen atoms in total. The number of carboxylic acids is 1. The van der Waals surface area contributed by atoms with E-state index in [-0.39, 0.29) is 35.8 Å². The predicted molar refractivity (Wildman–Crippen MR) is 123 cm³/mol. The zero-order valence-corrected chi connectivity index (χ0v) is 18.5. The van der Waals surface area contributed by atoms with Gasteiger partial charge in [0.2, 0.25) is 11.8 Å². The van der Waals surface area contributed by atoms with Gasteiger partial charge in [-0.3, -0.25) is 19.4 Å². The molecule has 0 aliphatic carbocycles. The number of carbonyl (C=O) groups excluding carboxylic acids is 3. The average Bonchev–Trinajstić information content (AvgIpc) is 2.79. The number of aromatic carboxylic acids is 1. The summed E-state index contributed by atoms with van der Waals surface area (Å²) < 4.78 is 0. The maximum absolute atomic E-state index is 12.3. The molecule has 0 saturated heterocycles. The summed E-state index contributed by atoms with van der Waals surface area (Å²) in [5.41, 5.74) is 6.82. The molecule has 1 aromatic heterocycles. The Morgan fingerprint density at radius 1 is 0.970 bits per heavy atom. The second kappa shape index (κ2) is 10.2. The van der Waals surface area contributed by atoms with Gasteiger partial charge in [-0.1, -0.05) is 29.3 Å². The number of fused-ring (bicyclic) bond motifs is 1. The van der Waals surface area contributed by atoms with Gasteiger partial charge in [0.1, 0.15) is 0 Å². The van der Waals surface area contributed by atoms with Gasteiger partial charge in [0, 0.05) is 23.5 Å². The highest BCUT2D eigenvalue weighted by molar-refractivity contribution is 6.42. The number of hydrogen-bond acceptors (Lipinski definition) is 5. The van der Waals surface area contributed by atoms with Crippen molar-refractivity contribution in [1.29, 1.82) is 0 Å². The minimum Gasteiger partial charge on any atom is -0.478 e. The minimum atomic E-state index is -1.13. The molecule has 3 aromatic rings. The molecule has 0 radical (unpaired) electrons. The van der Waals surface area contributed by atoms with E-state index < -0.39 is 11.9 Å². The van der Waals surface area contributed by atoms with Crippen LogP contribution in [-0.2, 0) is 11.3 Å². The number of rotatable bonds is 4. The number of nitrogens with zero attached hydrogens (tertiary/aromatic N) is 2. The largest absolute Gasteiger partial charge is 0.478 e. The third-order valence-electron chi connectivity index (χ3n) is 4.74. The summed E-state index contributed by atoms with van der Waals surface area (Å²) in [6, 6.07) is 12.3. The average molecular weight is 486 g/mol. The summed E-state index contributed by atoms with van der Waals surface area (Å²) in [7, 11) is 0. The zero-order chi connectivity index (χ0) is 24.1. The van der Waals surface area contributed by atoms with Crippen LogP contribution in [-0.4, -0.2) is 33.7 Å². The van der Waals surface area contributed by atoms with Crippen LogP contribution in [0.2, 0.25) is 10.0 Å². The molecular formula is C23H17Cl2N3O5. The van der Waals surface area contributed by atoms with E-state index in [0.29, 0.717) is 21.3 Å². The lowest BCUT2D eigenvalue weighted by atomic mass is 9.97. The normalized spacial score (nSPS) is 12.5. The number of ketones is 1. The van der Waals surface area contributed by atoms with Crippen molar-refractivity contribution in [3.63, 3.8) is 0 Å². The number of nitrogens with two attached hydrogens (primary N) is 1. The molecule has 0 unspecified atom stereocenters. The van der Waals surface area contributed by atoms with E-state index >= 15 is 0 Å². The van der Waals surface area contributed by atoms with Crippen molar-refractivity contribution < 1.29 is 24.3 Å². The van der Waals surface area contributed by atoms with Gasteiger partial charge in [-0.25, -0.2) is 4.79 Å². The van der Waals surface area contributed by atoms with E-state index in [0.717, 1.165) is 5.56 Å². The summed E-state index contributed by atoms with van der Waals surface area (Å²) in [6.45, 7) is 0.211. The first kappa shape index (κ1) is 23.9. The van der Waals surface area contributed by atoms with Crippen LogP contribution in [0.4, 0.5) is 5.69 Å². The van der Waals surface area contributed by atoms with Gasteiger partial charge in [-0.15, -0.1) is 0 Å². The SMILES string of the molecule is NC(=O)c1ccncc1.O=C(O)c1ccc2c(c1)C(=O)CC(=O)N2Cc1ccc(Cl)c(Cl)c1. The van der Waals surface area contributed by atoms with Crippen LogP contribution in [0.3, 0.4) is 0 Å². The number of pyridine rings is 1. The van der Waals surface area contributed by atoms with Crippen molar-refractivity contribution >= 4 is 52.5 Å². The van der Waals surface area contributed by atoms with Crippen molar-refractivity contribution in [2.45, 2.75) is 13.0 Å². The van der Waals surface area contributed by atoms with Crippen molar-refractivity contribution in [1.82, 2.24) is 4.98 Å². The summed E-state index contributed by atoms with van der Waals surface area (Å²) in [5.74, 6) is -2.28. The van der Waals surface area contributed by atoms with Crippen molar-refractivity contribution in [3.8, 4) is 0 Å². The molecule has 0 spiro atoms. The smallest absolute Gasteiger partial charge is 0.335 e. The number of hydrogen-bond donors (Lipinski definition) is 2. The van der Waals surface area contributed by atoms with Crippen LogP contribution >= 0.6 is 23.2 Å². The maximum Gasteiger partial charge on any atom is 0.335 e. The molecule has 1 aliphatic heterocycles. The lowest BCUT2D eigenvalue weighted by Gasteiger charge is -2.29. The Hall–Kier alpha value is -3.75. The fraction of sp³-hybridized carbons (Fsp3) is 0.0870. The third kappa shape index (κ3) is 5.74. The molecule has 4 rings (SSSR count). The number of amides is 2. The minimum absolute atomic E-state index is 0.00550. The number of primary amides is 1. The Morgan fingerprint density at radius 2 is 1.67 bits per heavy atom. The predicted octanol–water partition coefficient (Wildman–Crippen LogP) is 3.99. The first-order valence-corrected chi connectivity index (χ1v) is 10.3. The Kier molecular flexibility index (Phi) is 7.42. The molecule has 2 amide bonds. The summed E-state index contributed by atoms with van der Waals surface area (Å²) in [5, 5.41) is 9.84. The van der Waals surface area contributed by atoms with Crippen LogP contribution in [0.5, 0.6) is 0 Å². The first-order chi connectivity index (χ1) is 15.7. The zero-order valence-electron chi connectivity index (χ0n) is 17.0. The lowest BCUT2D eigenvalue weighted by molar-refractivity contribution is -0.118. The van der Waals surface area contributed by atoms with Crippen molar-refractivity contribution in [3.05, 3.63) is 93.2 Å². The van der Waals surface area contributed by atoms with Gasteiger partial charge in [-0.2, -0.15) is 0 Å². The Labute approximate surface area is 198 Å². The molecule has 168 valence electrons. The number of anilines is 1. The van der Waals surface area contributed by atoms with Crippen molar-refractivity contribution in [2.24, 2.45) is 5.73 Å². The Morgan fingerprint density at radius 3 is 2.24 bits per heavy atom. The number of carboxylic acid groups (broad SMARTS) is 1. The fourth-order valence-electron chi connectivity index (χ4n) is 3.10. The van der Waals surface area contributed by atoms with Crippen LogP contribution in [0.25, 0.3) is 0 Å². The highest BCUT2D eigenvalue weighted by atomic mass is 35.5. The molecule has 33 heavy (non-hydrogen) atoms. The standard InChI is InChI=1S/C17H11Cl2NO4.C6H6N2O/c18-12-3-1-9(5-13(12)19)8-20-14-4-2-10(17(23)24)6-11(14)15(21)7-16(20)22;7-6(9)5-1-3-8-4-2-5/h1-6H,7-8H2,(H,23,24);1-4H,(H2,7,9). The molecule has 2 heterocycles. The molecule has 0 atom stereocenters. The van der Waals surface area contributed by atoms with Crippen LogP contribution < -0.4 is 10.6 Å². The number of Topliss-reactive ketones (excluding diaryl/α,β-unsaturated/α-hetero) is 1. The van der Waals surface area contributed by atoms with Crippen LogP contribution in [0.15, 0.2) is 60.9 Å². The fourth-order valence-corrected chi connectivity index (χ4v) is 3.42. The van der Waals surface area contributed by atoms with E-state index in [1.807, 2.05) is 0 Å². The van der Waals surface area contributed by atoms with E-state index in [4.69, 9.17) is 34.0 Å². The number of benzene rings is 2. The van der Waals surface area contributed by atoms with E-state index in [9.17, 15) is 19.2 Å². The summed E-state index contributed by atoms with van der Waals surface area (Å²) in [6.07, 6.45) is 2.76. The van der Waals surface area contributed by atoms with Crippen LogP contribution in [0.1, 0.15) is 43.1 Å². The maximum atomic E-state index is 12.3. The molecule has 10 heteroatoms. The topological polar surface area (TPSA) is 131 Å². The molecule has 2 aromatic carbocycles. The van der Waals surface area contributed by atoms with Crippen molar-refractivity contribution in [2.75, 3.05) is 4.90 Å². The summed E-state index contributed by atoms with van der Waals surface area (Å²) in [4.78, 5) is 51.0. The molecule has 1 aliphatic rings. The highest BCUT2D eigenvalue weighted by Crippen LogP contribution is 2.31. The monoisotopic (exact) mass is 485 g/mol. The molecule has 0 saturated carbocycles. The Balaban J connectivity index is 0.000000286. The molecule has 0 fully saturated rings. The van der Waals surface area contributed by atoms with E-state index in [2.05, 4.69) is 4.98 Å². The van der Waals surface area contributed by atoms with E-state index in [1.54, 1.807) is 30.3 Å². The highest BCUT2D eigenvalue weighted by Gasteiger charge is 2.30. The van der Waals surface area contributed by atoms with E-state index in [1.165, 1.54) is 35.5 Å². The first-order valence-electron chi connectivity index (χ1n) is 9.52. The molecular weight excluding hydrogens is 469 g/mol. The van der Waals surface area contributed by atoms with Gasteiger partial charge >= 0.3 is 5.97 Å². The summed E-state index contributed by atoms with van der Waals surface area (Å²) >= 11 is 11.9. The second-order valence-corrected chi connectivity index (χ2v) is 7.78. The number of carbonyl (C=O) groups is 4. The Bertz CT molecular complexity index is 1250. The van der Waals surface area contributed by atoms with Gasteiger partial charge in [0.25, 0.3) is 0 Å². The van der Waals surface area contributed by atoms with Gasteiger partial charge in [0.05, 0.1) is 34.3 Å². The van der Waals surface area contributed by atoms with Gasteiger partial charge < -0.3 is 15.7 Å². The number of aromatic nitrogens is 1. The quantitative estimate of drug-likeness (QED) is 0.537.